The molecular weight excluding hydrogens is 164 g/mol. The lowest BCUT2D eigenvalue weighted by Crippen LogP contribution is -2.23. The predicted molar refractivity (Wildman–Crippen MR) is 51.9 cm³/mol. The molecule has 4 heteroatoms. The Hall–Kier alpha value is -1.06. The van der Waals surface area contributed by atoms with Crippen molar-refractivity contribution in [2.45, 2.75) is 39.3 Å². The minimum Gasteiger partial charge on any atom is -0.341 e. The first kappa shape index (κ1) is 8.53. The van der Waals surface area contributed by atoms with Crippen LogP contribution >= 0.6 is 0 Å². The van der Waals surface area contributed by atoms with E-state index in [1.54, 1.807) is 0 Å². The quantitative estimate of drug-likeness (QED) is 0.701. The smallest absolute Gasteiger partial charge is 0.227 e. The van der Waals surface area contributed by atoms with E-state index in [2.05, 4.69) is 33.6 Å². The van der Waals surface area contributed by atoms with Crippen LogP contribution < -0.4 is 4.90 Å². The maximum atomic E-state index is 4.19. The van der Waals surface area contributed by atoms with E-state index in [1.165, 1.54) is 12.8 Å². The largest absolute Gasteiger partial charge is 0.341 e. The standard InChI is InChI=1S/C9H16N4/c1-4-13-7(2)10-11-9(13)12(3)8-5-6-8/h8H,4-6H2,1-3H3. The highest BCUT2D eigenvalue weighted by molar-refractivity contribution is 5.33. The van der Waals surface area contributed by atoms with E-state index in [4.69, 9.17) is 0 Å². The van der Waals surface area contributed by atoms with E-state index in [1.807, 2.05) is 6.92 Å². The Bertz CT molecular complexity index is 301. The summed E-state index contributed by atoms with van der Waals surface area (Å²) >= 11 is 0. The van der Waals surface area contributed by atoms with Crippen LogP contribution in [0, 0.1) is 6.92 Å². The van der Waals surface area contributed by atoms with Crippen LogP contribution in [0.25, 0.3) is 0 Å². The van der Waals surface area contributed by atoms with E-state index in [0.29, 0.717) is 6.04 Å². The van der Waals surface area contributed by atoms with Crippen molar-refractivity contribution in [2.75, 3.05) is 11.9 Å². The van der Waals surface area contributed by atoms with Crippen LogP contribution in [0.2, 0.25) is 0 Å². The Kier molecular flexibility index (Phi) is 1.98. The third-order valence-electron chi connectivity index (χ3n) is 2.64. The first-order valence-corrected chi connectivity index (χ1v) is 4.86. The summed E-state index contributed by atoms with van der Waals surface area (Å²) in [6.07, 6.45) is 2.60. The predicted octanol–water partition coefficient (Wildman–Crippen LogP) is 1.21. The summed E-state index contributed by atoms with van der Waals surface area (Å²) in [6.45, 7) is 5.08. The van der Waals surface area contributed by atoms with Gasteiger partial charge in [0.05, 0.1) is 0 Å². The van der Waals surface area contributed by atoms with E-state index < -0.39 is 0 Å². The highest BCUT2D eigenvalue weighted by atomic mass is 15.4. The van der Waals surface area contributed by atoms with Gasteiger partial charge >= 0.3 is 0 Å². The minimum atomic E-state index is 0.703. The number of nitrogens with zero attached hydrogens (tertiary/aromatic N) is 4. The molecule has 0 amide bonds. The molecule has 13 heavy (non-hydrogen) atoms. The summed E-state index contributed by atoms with van der Waals surface area (Å²) in [7, 11) is 2.10. The van der Waals surface area contributed by atoms with Crippen LogP contribution in [0.1, 0.15) is 25.6 Å². The van der Waals surface area contributed by atoms with E-state index >= 15 is 0 Å². The van der Waals surface area contributed by atoms with Gasteiger partial charge in [-0.3, -0.25) is 4.57 Å². The molecule has 1 aliphatic carbocycles. The molecule has 2 rings (SSSR count). The lowest BCUT2D eigenvalue weighted by molar-refractivity contribution is 0.703. The van der Waals surface area contributed by atoms with Crippen LogP contribution in [0.3, 0.4) is 0 Å². The van der Waals surface area contributed by atoms with Crippen molar-refractivity contribution >= 4 is 5.95 Å². The highest BCUT2D eigenvalue weighted by Gasteiger charge is 2.29. The van der Waals surface area contributed by atoms with Crippen molar-refractivity contribution < 1.29 is 0 Å². The first-order valence-electron chi connectivity index (χ1n) is 4.86. The third-order valence-corrected chi connectivity index (χ3v) is 2.64. The Balaban J connectivity index is 2.27. The maximum Gasteiger partial charge on any atom is 0.227 e. The average molecular weight is 180 g/mol. The van der Waals surface area contributed by atoms with E-state index in [0.717, 1.165) is 18.3 Å². The number of aryl methyl sites for hydroxylation is 1. The van der Waals surface area contributed by atoms with Gasteiger partial charge in [-0.15, -0.1) is 10.2 Å². The highest BCUT2D eigenvalue weighted by Crippen LogP contribution is 2.29. The fraction of sp³-hybridized carbons (Fsp3) is 0.778. The van der Waals surface area contributed by atoms with Crippen molar-refractivity contribution in [1.82, 2.24) is 14.8 Å². The molecule has 0 unspecified atom stereocenters. The summed E-state index contributed by atoms with van der Waals surface area (Å²) in [6, 6.07) is 0.703. The monoisotopic (exact) mass is 180 g/mol. The Labute approximate surface area is 78.6 Å². The average Bonchev–Trinajstić information content (AvgIpc) is 2.89. The fourth-order valence-electron chi connectivity index (χ4n) is 1.63. The van der Waals surface area contributed by atoms with Gasteiger partial charge in [-0.1, -0.05) is 0 Å². The van der Waals surface area contributed by atoms with E-state index in [-0.39, 0.29) is 0 Å². The first-order chi connectivity index (χ1) is 6.24. The second-order valence-electron chi connectivity index (χ2n) is 3.63. The van der Waals surface area contributed by atoms with Crippen LogP contribution in [0.15, 0.2) is 0 Å². The number of hydrogen-bond donors (Lipinski definition) is 0. The second kappa shape index (κ2) is 3.01. The lowest BCUT2D eigenvalue weighted by Gasteiger charge is -2.17. The SMILES string of the molecule is CCn1c(C)nnc1N(C)C1CC1. The molecule has 0 bridgehead atoms. The van der Waals surface area contributed by atoms with Crippen LogP contribution in [-0.2, 0) is 6.54 Å². The summed E-state index contributed by atoms with van der Waals surface area (Å²) in [5.74, 6) is 2.02. The molecule has 72 valence electrons. The van der Waals surface area contributed by atoms with Gasteiger partial charge in [0, 0.05) is 19.6 Å². The molecule has 0 spiro atoms. The van der Waals surface area contributed by atoms with Crippen LogP contribution in [-0.4, -0.2) is 27.9 Å². The molecule has 0 aliphatic heterocycles. The molecule has 1 aromatic heterocycles. The van der Waals surface area contributed by atoms with Gasteiger partial charge in [-0.2, -0.15) is 0 Å². The molecule has 0 radical (unpaired) electrons. The molecule has 1 fully saturated rings. The Morgan fingerprint density at radius 3 is 2.69 bits per heavy atom. The second-order valence-corrected chi connectivity index (χ2v) is 3.63. The van der Waals surface area contributed by atoms with Crippen molar-refractivity contribution in [1.29, 1.82) is 0 Å². The van der Waals surface area contributed by atoms with Gasteiger partial charge < -0.3 is 4.90 Å². The van der Waals surface area contributed by atoms with Gasteiger partial charge in [0.1, 0.15) is 5.82 Å². The Morgan fingerprint density at radius 2 is 2.15 bits per heavy atom. The number of hydrogen-bond acceptors (Lipinski definition) is 3. The van der Waals surface area contributed by atoms with Gasteiger partial charge in [-0.25, -0.2) is 0 Å². The summed E-state index contributed by atoms with van der Waals surface area (Å²) < 4.78 is 2.15. The maximum absolute atomic E-state index is 4.19. The van der Waals surface area contributed by atoms with Gasteiger partial charge in [0.15, 0.2) is 0 Å². The number of aromatic nitrogens is 3. The van der Waals surface area contributed by atoms with Crippen molar-refractivity contribution in [3.05, 3.63) is 5.82 Å². The third kappa shape index (κ3) is 1.41. The molecule has 0 atom stereocenters. The van der Waals surface area contributed by atoms with Gasteiger partial charge in [-0.05, 0) is 26.7 Å². The normalized spacial score (nSPS) is 16.2. The summed E-state index contributed by atoms with van der Waals surface area (Å²) in [4.78, 5) is 2.24. The topological polar surface area (TPSA) is 34.0 Å². The molecule has 0 N–H and O–H groups in total. The van der Waals surface area contributed by atoms with Gasteiger partial charge in [0.2, 0.25) is 5.95 Å². The summed E-state index contributed by atoms with van der Waals surface area (Å²) in [5.41, 5.74) is 0. The Morgan fingerprint density at radius 1 is 1.46 bits per heavy atom. The minimum absolute atomic E-state index is 0.703. The number of anilines is 1. The van der Waals surface area contributed by atoms with Gasteiger partial charge in [0.25, 0.3) is 0 Å². The lowest BCUT2D eigenvalue weighted by atomic mass is 10.5. The molecular formula is C9H16N4. The van der Waals surface area contributed by atoms with E-state index in [9.17, 15) is 0 Å². The molecule has 1 saturated carbocycles. The van der Waals surface area contributed by atoms with Crippen molar-refractivity contribution in [3.8, 4) is 0 Å². The number of rotatable bonds is 3. The van der Waals surface area contributed by atoms with Crippen LogP contribution in [0.5, 0.6) is 0 Å². The summed E-state index contributed by atoms with van der Waals surface area (Å²) in [5, 5.41) is 8.28. The zero-order valence-electron chi connectivity index (χ0n) is 8.49. The molecule has 1 aromatic rings. The molecule has 0 saturated heterocycles. The fourth-order valence-corrected chi connectivity index (χ4v) is 1.63. The zero-order valence-corrected chi connectivity index (χ0v) is 8.49. The molecule has 1 aliphatic rings. The van der Waals surface area contributed by atoms with Crippen molar-refractivity contribution in [2.24, 2.45) is 0 Å². The molecule has 4 nitrogen and oxygen atoms in total. The molecule has 0 aromatic carbocycles. The molecule has 1 heterocycles. The van der Waals surface area contributed by atoms with Crippen LogP contribution in [0.4, 0.5) is 5.95 Å². The van der Waals surface area contributed by atoms with Crippen molar-refractivity contribution in [3.63, 3.8) is 0 Å². The zero-order chi connectivity index (χ0) is 9.42.